The van der Waals surface area contributed by atoms with Crippen LogP contribution in [0.4, 0.5) is 0 Å². The number of halogens is 1. The lowest BCUT2D eigenvalue weighted by Crippen LogP contribution is -2.45. The molecule has 0 aromatic heterocycles. The Balaban J connectivity index is 0.000000278. The van der Waals surface area contributed by atoms with Crippen molar-refractivity contribution in [3.8, 4) is 0 Å². The molecule has 0 aromatic rings. The first-order chi connectivity index (χ1) is 38.8. The number of carbonyl (C=O) groups is 4. The van der Waals surface area contributed by atoms with Crippen molar-refractivity contribution < 1.29 is 62.2 Å². The summed E-state index contributed by atoms with van der Waals surface area (Å²) in [6.07, 6.45) is 10.4. The third kappa shape index (κ3) is 17.2. The molecule has 0 amide bonds. The van der Waals surface area contributed by atoms with Gasteiger partial charge in [0.05, 0.1) is 56.9 Å². The number of Topliss-reactive ketones (excluding diaryl/α,β-unsaturated/α-hetero) is 4. The maximum Gasteiger partial charge on any atom is 0.204 e. The highest BCUT2D eigenvalue weighted by Gasteiger charge is 2.58. The molecule has 3 saturated heterocycles. The molecule has 13 nitrogen and oxygen atoms in total. The molecule has 1 N–H and O–H groups in total. The highest BCUT2D eigenvalue weighted by Crippen LogP contribution is 2.61. The number of aliphatic hydroxyl groups excluding tert-OH is 1. The standard InChI is InChI=1S/2C16H24O3S2.C14H22O4.C11H16O3S2.C5H9Br/c2*1-10(2)6-7-12-11(3)16(20-8-9-21-16)15(19-5)14(18-4)13(12)17;1-8(2)6-7-10-9(3)11(15)13(17-4)14(18-5)12(10)16;1-7-6-8(12)9(13-2)10(14-3)11(7)15-4-5-16-11;1-5(2)3-4-6/h2*6,11-12H,7-9H2,1-5H3;6,9-10,12,16H,7H2,1-5H3;7H,4-6H2,1-3H3;3H,4H2,1-2H3. The minimum absolute atomic E-state index is 0.0353. The molecule has 7 aliphatic rings. The Morgan fingerprint density at radius 2 is 0.817 bits per heavy atom. The molecule has 0 bridgehead atoms. The Hall–Kier alpha value is -2.46. The fraction of sp³-hybridized carbons (Fsp3) is 0.677. The van der Waals surface area contributed by atoms with E-state index in [1.165, 1.54) is 36.5 Å². The zero-order valence-corrected chi connectivity index (χ0v) is 58.9. The summed E-state index contributed by atoms with van der Waals surface area (Å²) >= 11 is 14.6. The number of ether oxygens (including phenoxy) is 8. The van der Waals surface area contributed by atoms with Crippen molar-refractivity contribution in [2.75, 3.05) is 96.7 Å². The van der Waals surface area contributed by atoms with Crippen LogP contribution in [0.2, 0.25) is 0 Å². The highest BCUT2D eigenvalue weighted by atomic mass is 79.9. The van der Waals surface area contributed by atoms with Crippen molar-refractivity contribution in [1.29, 1.82) is 0 Å². The Labute approximate surface area is 525 Å². The summed E-state index contributed by atoms with van der Waals surface area (Å²) in [5, 5.41) is 11.3. The molecule has 4 aliphatic carbocycles. The smallest absolute Gasteiger partial charge is 0.204 e. The van der Waals surface area contributed by atoms with Gasteiger partial charge in [0, 0.05) is 69.9 Å². The fourth-order valence-corrected chi connectivity index (χ4v) is 22.1. The molecule has 8 unspecified atom stereocenters. The molecule has 0 saturated carbocycles. The topological polar surface area (TPSA) is 162 Å². The average Bonchev–Trinajstić information content (AvgIpc) is 4.38. The number of ketones is 4. The fourth-order valence-electron chi connectivity index (χ4n) is 10.8. The Bertz CT molecular complexity index is 2350. The molecule has 3 aliphatic heterocycles. The van der Waals surface area contributed by atoms with Crippen LogP contribution in [-0.4, -0.2) is 143 Å². The van der Waals surface area contributed by atoms with Crippen LogP contribution in [0.5, 0.6) is 0 Å². The van der Waals surface area contributed by atoms with Crippen molar-refractivity contribution >= 4 is 110 Å². The normalized spacial score (nSPS) is 26.7. The van der Waals surface area contributed by atoms with Crippen LogP contribution in [0.3, 0.4) is 0 Å². The van der Waals surface area contributed by atoms with E-state index in [0.29, 0.717) is 36.0 Å². The maximum absolute atomic E-state index is 12.8. The molecule has 0 radical (unpaired) electrons. The van der Waals surface area contributed by atoms with Gasteiger partial charge in [0.2, 0.25) is 46.2 Å². The summed E-state index contributed by atoms with van der Waals surface area (Å²) < 4.78 is 42.5. The number of alkyl halides is 1. The summed E-state index contributed by atoms with van der Waals surface area (Å²) in [7, 11) is 12.5. The van der Waals surface area contributed by atoms with Crippen LogP contribution < -0.4 is 0 Å². The van der Waals surface area contributed by atoms with Crippen LogP contribution in [0.15, 0.2) is 92.7 Å². The van der Waals surface area contributed by atoms with Crippen LogP contribution >= 0.6 is 86.5 Å². The molecule has 3 fully saturated rings. The molecule has 3 spiro atoms. The van der Waals surface area contributed by atoms with E-state index in [2.05, 4.69) is 96.5 Å². The number of hydrogen-bond acceptors (Lipinski definition) is 19. The van der Waals surface area contributed by atoms with Gasteiger partial charge in [-0.3, -0.25) is 19.2 Å². The number of methoxy groups -OCH3 is 8. The molecular weight excluding hydrogens is 1220 g/mol. The van der Waals surface area contributed by atoms with Crippen LogP contribution in [0, 0.1) is 41.4 Å². The zero-order valence-electron chi connectivity index (χ0n) is 52.4. The summed E-state index contributed by atoms with van der Waals surface area (Å²) in [6.45, 7) is 24.7. The van der Waals surface area contributed by atoms with Gasteiger partial charge in [-0.25, -0.2) is 0 Å². The van der Waals surface area contributed by atoms with Crippen molar-refractivity contribution in [3.05, 3.63) is 92.7 Å². The lowest BCUT2D eigenvalue weighted by atomic mass is 9.77. The van der Waals surface area contributed by atoms with E-state index in [1.54, 1.807) is 42.7 Å². The maximum atomic E-state index is 12.8. The van der Waals surface area contributed by atoms with E-state index in [4.69, 9.17) is 37.9 Å². The van der Waals surface area contributed by atoms with Gasteiger partial charge in [-0.2, -0.15) is 0 Å². The lowest BCUT2D eigenvalue weighted by molar-refractivity contribution is -0.128. The molecule has 8 atom stereocenters. The molecule has 20 heteroatoms. The molecule has 464 valence electrons. The first-order valence-electron chi connectivity index (χ1n) is 27.9. The largest absolute Gasteiger partial charge is 0.495 e. The third-order valence-corrected chi connectivity index (χ3v) is 27.0. The van der Waals surface area contributed by atoms with E-state index in [0.717, 1.165) is 70.0 Å². The van der Waals surface area contributed by atoms with Gasteiger partial charge in [-0.05, 0) is 92.4 Å². The van der Waals surface area contributed by atoms with Crippen molar-refractivity contribution in [3.63, 3.8) is 0 Å². The van der Waals surface area contributed by atoms with E-state index in [9.17, 15) is 24.3 Å². The average molecular weight is 1320 g/mol. The van der Waals surface area contributed by atoms with E-state index >= 15 is 0 Å². The Morgan fingerprint density at radius 3 is 1.12 bits per heavy atom. The number of aliphatic hydroxyl groups is 1. The van der Waals surface area contributed by atoms with Crippen molar-refractivity contribution in [1.82, 2.24) is 0 Å². The van der Waals surface area contributed by atoms with Gasteiger partial charge in [-0.15, -0.1) is 70.6 Å². The number of hydrogen-bond donors (Lipinski definition) is 1. The van der Waals surface area contributed by atoms with Crippen molar-refractivity contribution in [2.24, 2.45) is 41.4 Å². The first-order valence-corrected chi connectivity index (χ1v) is 34.9. The predicted octanol–water partition coefficient (Wildman–Crippen LogP) is 14.4. The van der Waals surface area contributed by atoms with E-state index in [1.807, 2.05) is 97.4 Å². The highest BCUT2D eigenvalue weighted by molar-refractivity contribution is 9.09. The quantitative estimate of drug-likeness (QED) is 0.122. The minimum atomic E-state index is -0.798. The van der Waals surface area contributed by atoms with Gasteiger partial charge in [0.1, 0.15) is 18.3 Å². The Morgan fingerprint density at radius 1 is 0.476 bits per heavy atom. The summed E-state index contributed by atoms with van der Waals surface area (Å²) in [5.74, 6) is 10.7. The number of allylic oxidation sites excluding steroid dienone is 12. The monoisotopic (exact) mass is 1320 g/mol. The summed E-state index contributed by atoms with van der Waals surface area (Å²) in [5.41, 5.74) is 5.03. The van der Waals surface area contributed by atoms with Gasteiger partial charge in [-0.1, -0.05) is 90.2 Å². The minimum Gasteiger partial charge on any atom is -0.495 e. The second-order valence-corrected chi connectivity index (χ2v) is 31.2. The second kappa shape index (κ2) is 34.8. The van der Waals surface area contributed by atoms with E-state index in [-0.39, 0.29) is 82.4 Å². The first kappa shape index (κ1) is 73.8. The van der Waals surface area contributed by atoms with E-state index < -0.39 is 6.10 Å². The SMILES string of the molecule is CC(C)=CCBr.COC1=C(OC)C(O)C(CC=C(C)C)C(C)C1=O.COC1=C(OC)C2(SCCS2)C(C)C(CC=C(C)C)C1=O.COC1=C(OC)C2(SCCS2)C(C)C(CC=C(C)C)C1=O.COC1=C(OC)C2(SCCS2)C(C)CC1=O. The Kier molecular flexibility index (Phi) is 31.3. The lowest BCUT2D eigenvalue weighted by Gasteiger charge is -2.42. The molecular formula is C62H95BrO13S6. The van der Waals surface area contributed by atoms with Gasteiger partial charge >= 0.3 is 0 Å². The molecule has 3 heterocycles. The summed E-state index contributed by atoms with van der Waals surface area (Å²) in [6, 6.07) is 0. The van der Waals surface area contributed by atoms with Crippen LogP contribution in [0.1, 0.15) is 109 Å². The van der Waals surface area contributed by atoms with Crippen molar-refractivity contribution in [2.45, 2.75) is 127 Å². The third-order valence-electron chi connectivity index (χ3n) is 15.3. The zero-order chi connectivity index (χ0) is 61.9. The predicted molar refractivity (Wildman–Crippen MR) is 350 cm³/mol. The van der Waals surface area contributed by atoms with Gasteiger partial charge in [0.15, 0.2) is 23.0 Å². The molecule has 82 heavy (non-hydrogen) atoms. The van der Waals surface area contributed by atoms with Crippen LogP contribution in [-0.2, 0) is 57.1 Å². The summed E-state index contributed by atoms with van der Waals surface area (Å²) in [4.78, 5) is 49.6. The number of thioether (sulfide) groups is 6. The second-order valence-electron chi connectivity index (χ2n) is 21.7. The molecule has 0 aromatic carbocycles. The van der Waals surface area contributed by atoms with Gasteiger partial charge < -0.3 is 43.0 Å². The molecule has 7 rings (SSSR count). The number of rotatable bonds is 15. The number of carbonyl (C=O) groups excluding carboxylic acids is 4. The van der Waals surface area contributed by atoms with Crippen LogP contribution in [0.25, 0.3) is 0 Å². The van der Waals surface area contributed by atoms with Gasteiger partial charge in [0.25, 0.3) is 0 Å².